The van der Waals surface area contributed by atoms with Crippen molar-refractivity contribution in [3.8, 4) is 11.3 Å². The molecule has 24 heavy (non-hydrogen) atoms. The van der Waals surface area contributed by atoms with E-state index in [0.717, 1.165) is 35.6 Å². The number of hydrogen-bond donors (Lipinski definition) is 1. The van der Waals surface area contributed by atoms with Gasteiger partial charge in [-0.1, -0.05) is 38.1 Å². The van der Waals surface area contributed by atoms with Crippen LogP contribution in [0.2, 0.25) is 0 Å². The van der Waals surface area contributed by atoms with Crippen molar-refractivity contribution in [1.82, 2.24) is 14.6 Å². The highest BCUT2D eigenvalue weighted by molar-refractivity contribution is 5.75. The monoisotopic (exact) mass is 322 g/mol. The highest BCUT2D eigenvalue weighted by Crippen LogP contribution is 2.28. The van der Waals surface area contributed by atoms with E-state index >= 15 is 0 Å². The summed E-state index contributed by atoms with van der Waals surface area (Å²) in [4.78, 5) is 6.65. The van der Waals surface area contributed by atoms with E-state index in [2.05, 4.69) is 54.1 Å². The van der Waals surface area contributed by atoms with Gasteiger partial charge in [0, 0.05) is 31.0 Å². The molecule has 1 N–H and O–H groups in total. The minimum Gasteiger partial charge on any atom is -0.391 e. The van der Waals surface area contributed by atoms with Crippen molar-refractivity contribution < 1.29 is 5.11 Å². The van der Waals surface area contributed by atoms with Crippen LogP contribution in [0.15, 0.2) is 42.7 Å². The fraction of sp³-hybridized carbons (Fsp3) is 0.368. The molecule has 3 heterocycles. The van der Waals surface area contributed by atoms with Crippen molar-refractivity contribution >= 4 is 11.3 Å². The molecule has 0 spiro atoms. The first-order valence-corrected chi connectivity index (χ1v) is 8.49. The van der Waals surface area contributed by atoms with Gasteiger partial charge in [-0.2, -0.15) is 5.10 Å². The van der Waals surface area contributed by atoms with E-state index in [1.807, 2.05) is 10.7 Å². The van der Waals surface area contributed by atoms with Crippen molar-refractivity contribution in [2.75, 3.05) is 18.0 Å². The van der Waals surface area contributed by atoms with Gasteiger partial charge in [0.15, 0.2) is 5.82 Å². The summed E-state index contributed by atoms with van der Waals surface area (Å²) in [6, 6.07) is 10.7. The van der Waals surface area contributed by atoms with Crippen LogP contribution in [0.3, 0.4) is 0 Å². The topological polar surface area (TPSA) is 53.7 Å². The molecule has 2 aromatic heterocycles. The number of nitrogens with zero attached hydrogens (tertiary/aromatic N) is 4. The lowest BCUT2D eigenvalue weighted by Crippen LogP contribution is -2.22. The molecule has 1 aliphatic rings. The molecule has 1 fully saturated rings. The number of aliphatic hydroxyl groups is 1. The van der Waals surface area contributed by atoms with Crippen molar-refractivity contribution in [3.05, 3.63) is 48.3 Å². The Labute approximate surface area is 141 Å². The van der Waals surface area contributed by atoms with Gasteiger partial charge < -0.3 is 10.0 Å². The number of β-amino-alcohol motifs (C(OH)–C–C–N with tert-alkyl or cyclic N) is 1. The molecule has 0 aliphatic carbocycles. The van der Waals surface area contributed by atoms with Crippen molar-refractivity contribution in [3.63, 3.8) is 0 Å². The highest BCUT2D eigenvalue weighted by atomic mass is 16.3. The molecule has 1 unspecified atom stereocenters. The summed E-state index contributed by atoms with van der Waals surface area (Å²) < 4.78 is 1.87. The summed E-state index contributed by atoms with van der Waals surface area (Å²) in [6.45, 7) is 5.86. The second-order valence-corrected chi connectivity index (χ2v) is 6.78. The number of rotatable bonds is 3. The molecule has 4 rings (SSSR count). The Kier molecular flexibility index (Phi) is 3.73. The lowest BCUT2D eigenvalue weighted by molar-refractivity contribution is 0.198. The van der Waals surface area contributed by atoms with Gasteiger partial charge >= 0.3 is 0 Å². The number of benzene rings is 1. The number of aromatic nitrogens is 3. The Morgan fingerprint density at radius 3 is 2.67 bits per heavy atom. The maximum absolute atomic E-state index is 9.80. The molecule has 0 radical (unpaired) electrons. The Morgan fingerprint density at radius 1 is 1.21 bits per heavy atom. The first-order chi connectivity index (χ1) is 11.6. The standard InChI is InChI=1S/C19H22N4O/c1-13(2)14-3-5-15(6-4-14)17-11-18-19(20-8-10-23(18)21-17)22-9-7-16(24)12-22/h3-6,8,10-11,13,16,24H,7,9,12H2,1-2H3. The van der Waals surface area contributed by atoms with E-state index < -0.39 is 0 Å². The lowest BCUT2D eigenvalue weighted by Gasteiger charge is -2.16. The number of anilines is 1. The second-order valence-electron chi connectivity index (χ2n) is 6.78. The average Bonchev–Trinajstić information content (AvgIpc) is 3.20. The predicted octanol–water partition coefficient (Wildman–Crippen LogP) is 3.09. The van der Waals surface area contributed by atoms with Gasteiger partial charge in [0.1, 0.15) is 5.52 Å². The minimum atomic E-state index is -0.266. The van der Waals surface area contributed by atoms with Crippen LogP contribution in [0.1, 0.15) is 31.7 Å². The predicted molar refractivity (Wildman–Crippen MR) is 95.3 cm³/mol. The first-order valence-electron chi connectivity index (χ1n) is 8.49. The number of aliphatic hydroxyl groups excluding tert-OH is 1. The Hall–Kier alpha value is -2.40. The van der Waals surface area contributed by atoms with Crippen LogP contribution in [-0.4, -0.2) is 38.9 Å². The van der Waals surface area contributed by atoms with Crippen LogP contribution in [0.5, 0.6) is 0 Å². The van der Waals surface area contributed by atoms with E-state index in [0.29, 0.717) is 12.5 Å². The zero-order valence-corrected chi connectivity index (χ0v) is 14.1. The molecule has 0 amide bonds. The fourth-order valence-corrected chi connectivity index (χ4v) is 3.27. The molecule has 1 aliphatic heterocycles. The third-order valence-corrected chi connectivity index (χ3v) is 4.71. The molecule has 124 valence electrons. The summed E-state index contributed by atoms with van der Waals surface area (Å²) in [5.74, 6) is 1.42. The smallest absolute Gasteiger partial charge is 0.154 e. The molecule has 1 saturated heterocycles. The van der Waals surface area contributed by atoms with Gasteiger partial charge in [-0.3, -0.25) is 0 Å². The molecular formula is C19H22N4O. The summed E-state index contributed by atoms with van der Waals surface area (Å²) in [5, 5.41) is 14.5. The van der Waals surface area contributed by atoms with Crippen LogP contribution in [0.4, 0.5) is 5.82 Å². The van der Waals surface area contributed by atoms with E-state index in [-0.39, 0.29) is 6.10 Å². The number of hydrogen-bond acceptors (Lipinski definition) is 4. The Balaban J connectivity index is 1.73. The van der Waals surface area contributed by atoms with Crippen molar-refractivity contribution in [1.29, 1.82) is 0 Å². The first kappa shape index (κ1) is 15.1. The summed E-state index contributed by atoms with van der Waals surface area (Å²) in [6.07, 6.45) is 4.17. The fourth-order valence-electron chi connectivity index (χ4n) is 3.27. The molecule has 0 bridgehead atoms. The molecule has 0 saturated carbocycles. The molecule has 1 aromatic carbocycles. The van der Waals surface area contributed by atoms with Crippen molar-refractivity contribution in [2.45, 2.75) is 32.3 Å². The summed E-state index contributed by atoms with van der Waals surface area (Å²) in [5.41, 5.74) is 4.36. The molecule has 5 nitrogen and oxygen atoms in total. The van der Waals surface area contributed by atoms with Crippen LogP contribution in [0.25, 0.3) is 16.8 Å². The van der Waals surface area contributed by atoms with Crippen LogP contribution >= 0.6 is 0 Å². The largest absolute Gasteiger partial charge is 0.391 e. The van der Waals surface area contributed by atoms with Gasteiger partial charge in [-0.15, -0.1) is 0 Å². The van der Waals surface area contributed by atoms with Gasteiger partial charge in [-0.05, 0) is 24.0 Å². The molecule has 5 heteroatoms. The van der Waals surface area contributed by atoms with E-state index in [9.17, 15) is 5.11 Å². The SMILES string of the molecule is CC(C)c1ccc(-c2cc3c(N4CCC(O)C4)nccn3n2)cc1. The van der Waals surface area contributed by atoms with E-state index in [1.165, 1.54) is 5.56 Å². The lowest BCUT2D eigenvalue weighted by atomic mass is 10.0. The van der Waals surface area contributed by atoms with Crippen molar-refractivity contribution in [2.24, 2.45) is 0 Å². The summed E-state index contributed by atoms with van der Waals surface area (Å²) >= 11 is 0. The number of fused-ring (bicyclic) bond motifs is 1. The Morgan fingerprint density at radius 2 is 2.00 bits per heavy atom. The van der Waals surface area contributed by atoms with Crippen LogP contribution in [0, 0.1) is 0 Å². The van der Waals surface area contributed by atoms with Gasteiger partial charge in [-0.25, -0.2) is 9.50 Å². The average molecular weight is 322 g/mol. The normalized spacial score (nSPS) is 18.0. The van der Waals surface area contributed by atoms with Gasteiger partial charge in [0.05, 0.1) is 11.8 Å². The Bertz CT molecular complexity index is 853. The molecular weight excluding hydrogens is 300 g/mol. The van der Waals surface area contributed by atoms with E-state index in [4.69, 9.17) is 5.10 Å². The molecule has 1 atom stereocenters. The third-order valence-electron chi connectivity index (χ3n) is 4.71. The van der Waals surface area contributed by atoms with E-state index in [1.54, 1.807) is 6.20 Å². The maximum Gasteiger partial charge on any atom is 0.154 e. The molecule has 3 aromatic rings. The van der Waals surface area contributed by atoms with Crippen LogP contribution in [-0.2, 0) is 0 Å². The zero-order chi connectivity index (χ0) is 16.7. The second kappa shape index (κ2) is 5.91. The third kappa shape index (κ3) is 2.65. The summed E-state index contributed by atoms with van der Waals surface area (Å²) in [7, 11) is 0. The maximum atomic E-state index is 9.80. The minimum absolute atomic E-state index is 0.266. The van der Waals surface area contributed by atoms with Crippen LogP contribution < -0.4 is 4.90 Å². The van der Waals surface area contributed by atoms with Gasteiger partial charge in [0.2, 0.25) is 0 Å². The van der Waals surface area contributed by atoms with Gasteiger partial charge in [0.25, 0.3) is 0 Å². The highest BCUT2D eigenvalue weighted by Gasteiger charge is 2.23. The zero-order valence-electron chi connectivity index (χ0n) is 14.1. The quantitative estimate of drug-likeness (QED) is 0.805.